The van der Waals surface area contributed by atoms with E-state index in [1.165, 1.54) is 42.6 Å². The van der Waals surface area contributed by atoms with Gasteiger partial charge in [-0.2, -0.15) is 0 Å². The van der Waals surface area contributed by atoms with E-state index in [9.17, 15) is 0 Å². The third kappa shape index (κ3) is 2.67. The summed E-state index contributed by atoms with van der Waals surface area (Å²) >= 11 is 0. The van der Waals surface area contributed by atoms with Gasteiger partial charge in [0.05, 0.1) is 0 Å². The van der Waals surface area contributed by atoms with Gasteiger partial charge in [-0.1, -0.05) is 48.5 Å². The van der Waals surface area contributed by atoms with Crippen LogP contribution in [0.3, 0.4) is 0 Å². The van der Waals surface area contributed by atoms with Gasteiger partial charge in [0, 0.05) is 30.9 Å². The first-order valence-corrected chi connectivity index (χ1v) is 7.59. The van der Waals surface area contributed by atoms with Gasteiger partial charge < -0.3 is 0 Å². The van der Waals surface area contributed by atoms with Crippen LogP contribution in [0.25, 0.3) is 0 Å². The predicted octanol–water partition coefficient (Wildman–Crippen LogP) is 4.43. The van der Waals surface area contributed by atoms with Crippen LogP contribution in [0.5, 0.6) is 0 Å². The number of hydrogen-bond donors (Lipinski definition) is 0. The van der Waals surface area contributed by atoms with E-state index in [0.717, 1.165) is 0 Å². The normalized spacial score (nSPS) is 17.1. The first-order chi connectivity index (χ1) is 9.86. The third-order valence-electron chi connectivity index (χ3n) is 4.27. The molecule has 0 saturated heterocycles. The van der Waals surface area contributed by atoms with Crippen molar-refractivity contribution in [3.63, 3.8) is 0 Å². The average Bonchev–Trinajstić information content (AvgIpc) is 2.56. The minimum absolute atomic E-state index is 0.451. The molecule has 0 N–H and O–H groups in total. The highest BCUT2D eigenvalue weighted by atomic mass is 15.1. The lowest BCUT2D eigenvalue weighted by molar-refractivity contribution is -0.573. The molecule has 1 aliphatic rings. The molecule has 1 aliphatic heterocycles. The van der Waals surface area contributed by atoms with E-state index >= 15 is 0 Å². The van der Waals surface area contributed by atoms with Crippen LogP contribution < -0.4 is 0 Å². The molecule has 0 saturated carbocycles. The van der Waals surface area contributed by atoms with E-state index in [2.05, 4.69) is 72.2 Å². The summed E-state index contributed by atoms with van der Waals surface area (Å²) in [7, 11) is 0. The van der Waals surface area contributed by atoms with Crippen molar-refractivity contribution in [2.75, 3.05) is 6.54 Å². The standard InChI is InChI=1S/C19H22N/c1-16(17-10-4-2-5-11-17)20-15-9-8-14-19(20)18-12-6-3-7-13-18/h2-7,10-13,16H,8-9,14-15H2,1H3/q+1. The molecule has 1 heteroatoms. The van der Waals surface area contributed by atoms with Crippen molar-refractivity contribution in [1.82, 2.24) is 0 Å². The molecule has 2 aromatic rings. The van der Waals surface area contributed by atoms with Crippen molar-refractivity contribution in [3.05, 3.63) is 71.8 Å². The maximum absolute atomic E-state index is 2.59. The minimum atomic E-state index is 0.451. The van der Waals surface area contributed by atoms with Gasteiger partial charge >= 0.3 is 0 Å². The summed E-state index contributed by atoms with van der Waals surface area (Å²) in [6.07, 6.45) is 3.80. The molecule has 1 atom stereocenters. The molecule has 102 valence electrons. The van der Waals surface area contributed by atoms with E-state index in [4.69, 9.17) is 0 Å². The lowest BCUT2D eigenvalue weighted by atomic mass is 9.98. The fourth-order valence-electron chi connectivity index (χ4n) is 3.13. The average molecular weight is 264 g/mol. The summed E-state index contributed by atoms with van der Waals surface area (Å²) in [5.41, 5.74) is 4.30. The Morgan fingerprint density at radius 3 is 2.20 bits per heavy atom. The van der Waals surface area contributed by atoms with Crippen LogP contribution in [0.15, 0.2) is 60.7 Å². The lowest BCUT2D eigenvalue weighted by Gasteiger charge is -2.20. The van der Waals surface area contributed by atoms with Crippen molar-refractivity contribution < 1.29 is 4.58 Å². The van der Waals surface area contributed by atoms with Gasteiger partial charge in [-0.25, -0.2) is 4.58 Å². The summed E-state index contributed by atoms with van der Waals surface area (Å²) in [6, 6.07) is 22.2. The van der Waals surface area contributed by atoms with Crippen molar-refractivity contribution in [1.29, 1.82) is 0 Å². The highest BCUT2D eigenvalue weighted by Gasteiger charge is 2.26. The zero-order valence-electron chi connectivity index (χ0n) is 12.1. The summed E-state index contributed by atoms with van der Waals surface area (Å²) in [5.74, 6) is 0. The Labute approximate surface area is 121 Å². The van der Waals surface area contributed by atoms with E-state index < -0.39 is 0 Å². The van der Waals surface area contributed by atoms with Crippen molar-refractivity contribution in [2.24, 2.45) is 0 Å². The number of benzene rings is 2. The lowest BCUT2D eigenvalue weighted by Crippen LogP contribution is -2.29. The van der Waals surface area contributed by atoms with Crippen molar-refractivity contribution in [3.8, 4) is 0 Å². The number of rotatable bonds is 3. The van der Waals surface area contributed by atoms with Crippen LogP contribution >= 0.6 is 0 Å². The van der Waals surface area contributed by atoms with Gasteiger partial charge in [0.1, 0.15) is 6.54 Å². The van der Waals surface area contributed by atoms with Crippen LogP contribution in [0.1, 0.15) is 43.4 Å². The Hall–Kier alpha value is -1.89. The Kier molecular flexibility index (Phi) is 3.96. The molecular formula is C19H22N+. The van der Waals surface area contributed by atoms with Crippen LogP contribution in [-0.2, 0) is 0 Å². The highest BCUT2D eigenvalue weighted by molar-refractivity contribution is 5.97. The smallest absolute Gasteiger partial charge is 0.183 e. The second-order valence-electron chi connectivity index (χ2n) is 5.55. The molecule has 0 aromatic heterocycles. The fourth-order valence-corrected chi connectivity index (χ4v) is 3.13. The molecular weight excluding hydrogens is 242 g/mol. The van der Waals surface area contributed by atoms with Crippen molar-refractivity contribution in [2.45, 2.75) is 32.2 Å². The van der Waals surface area contributed by atoms with Crippen LogP contribution in [0.4, 0.5) is 0 Å². The van der Waals surface area contributed by atoms with Crippen LogP contribution in [0, 0.1) is 0 Å². The maximum atomic E-state index is 2.59. The summed E-state index contributed by atoms with van der Waals surface area (Å²) in [6.45, 7) is 3.49. The minimum Gasteiger partial charge on any atom is -0.226 e. The Morgan fingerprint density at radius 1 is 0.850 bits per heavy atom. The van der Waals surface area contributed by atoms with Gasteiger partial charge in [0.2, 0.25) is 0 Å². The molecule has 1 heterocycles. The van der Waals surface area contributed by atoms with E-state index in [0.29, 0.717) is 6.04 Å². The van der Waals surface area contributed by atoms with Gasteiger partial charge in [-0.3, -0.25) is 0 Å². The molecule has 3 rings (SSSR count). The molecule has 1 nitrogen and oxygen atoms in total. The summed E-state index contributed by atoms with van der Waals surface area (Å²) in [4.78, 5) is 0. The van der Waals surface area contributed by atoms with E-state index in [1.807, 2.05) is 0 Å². The monoisotopic (exact) mass is 264 g/mol. The molecule has 0 amide bonds. The second kappa shape index (κ2) is 6.04. The Bertz CT molecular complexity index is 584. The van der Waals surface area contributed by atoms with Gasteiger partial charge in [0.25, 0.3) is 0 Å². The number of hydrogen-bond acceptors (Lipinski definition) is 0. The molecule has 0 bridgehead atoms. The maximum Gasteiger partial charge on any atom is 0.183 e. The fraction of sp³-hybridized carbons (Fsp3) is 0.316. The van der Waals surface area contributed by atoms with Crippen LogP contribution in [0.2, 0.25) is 0 Å². The first-order valence-electron chi connectivity index (χ1n) is 7.59. The third-order valence-corrected chi connectivity index (χ3v) is 4.27. The summed E-state index contributed by atoms with van der Waals surface area (Å²) in [5, 5.41) is 0. The zero-order valence-corrected chi connectivity index (χ0v) is 12.1. The quantitative estimate of drug-likeness (QED) is 0.721. The molecule has 0 aliphatic carbocycles. The topological polar surface area (TPSA) is 3.01 Å². The van der Waals surface area contributed by atoms with Gasteiger partial charge in [-0.05, 0) is 18.6 Å². The Morgan fingerprint density at radius 2 is 1.50 bits per heavy atom. The van der Waals surface area contributed by atoms with Gasteiger partial charge in [0.15, 0.2) is 11.8 Å². The molecule has 0 fully saturated rings. The molecule has 2 aromatic carbocycles. The largest absolute Gasteiger partial charge is 0.226 e. The number of nitrogens with zero attached hydrogens (tertiary/aromatic N) is 1. The molecule has 1 unspecified atom stereocenters. The summed E-state index contributed by atoms with van der Waals surface area (Å²) < 4.78 is 2.59. The predicted molar refractivity (Wildman–Crippen MR) is 84.4 cm³/mol. The second-order valence-corrected chi connectivity index (χ2v) is 5.55. The van der Waals surface area contributed by atoms with Crippen molar-refractivity contribution >= 4 is 5.71 Å². The highest BCUT2D eigenvalue weighted by Crippen LogP contribution is 2.23. The van der Waals surface area contributed by atoms with Crippen LogP contribution in [-0.4, -0.2) is 16.8 Å². The first kappa shape index (κ1) is 13.1. The van der Waals surface area contributed by atoms with E-state index in [-0.39, 0.29) is 0 Å². The Balaban J connectivity index is 2.01. The zero-order chi connectivity index (χ0) is 13.8. The molecule has 0 radical (unpaired) electrons. The SMILES string of the molecule is CC(c1ccccc1)[N+]1=C(c2ccccc2)CCCC1. The molecule has 0 spiro atoms. The van der Waals surface area contributed by atoms with Gasteiger partial charge in [-0.15, -0.1) is 0 Å². The molecule has 20 heavy (non-hydrogen) atoms. The van der Waals surface area contributed by atoms with E-state index in [1.54, 1.807) is 0 Å².